The lowest BCUT2D eigenvalue weighted by molar-refractivity contribution is -0.141. The number of unbranched alkanes of at least 4 members (excludes halogenated alkanes) is 2. The third kappa shape index (κ3) is 10.4. The number of hydrogen-bond acceptors (Lipinski definition) is 5. The van der Waals surface area contributed by atoms with Crippen molar-refractivity contribution < 1.29 is 19.1 Å². The molecule has 0 spiro atoms. The summed E-state index contributed by atoms with van der Waals surface area (Å²) in [4.78, 5) is 41.4. The van der Waals surface area contributed by atoms with Crippen molar-refractivity contribution in [1.29, 1.82) is 0 Å². The molecule has 0 saturated heterocycles. The van der Waals surface area contributed by atoms with E-state index in [2.05, 4.69) is 30.1 Å². The van der Waals surface area contributed by atoms with Crippen LogP contribution in [0.2, 0.25) is 0 Å². The van der Waals surface area contributed by atoms with Crippen LogP contribution in [0.4, 0.5) is 4.79 Å². The van der Waals surface area contributed by atoms with Crippen molar-refractivity contribution >= 4 is 29.7 Å². The maximum absolute atomic E-state index is 13.9. The summed E-state index contributed by atoms with van der Waals surface area (Å²) in [5.41, 5.74) is 0.350. The quantitative estimate of drug-likeness (QED) is 0.213. The van der Waals surface area contributed by atoms with Gasteiger partial charge in [-0.05, 0) is 57.3 Å². The van der Waals surface area contributed by atoms with Gasteiger partial charge in [-0.2, -0.15) is 11.8 Å². The SMILES string of the molecule is C#Cc1ccccc1C(C(=O)NCCCCC)N(CC=C)C(=O)C(CCSC)NC(=O)OC(C)(C)C. The summed E-state index contributed by atoms with van der Waals surface area (Å²) in [6.07, 6.45) is 11.7. The van der Waals surface area contributed by atoms with Gasteiger partial charge in [-0.1, -0.05) is 50.0 Å². The van der Waals surface area contributed by atoms with Crippen molar-refractivity contribution in [1.82, 2.24) is 15.5 Å². The lowest BCUT2D eigenvalue weighted by Gasteiger charge is -2.34. The molecule has 2 N–H and O–H groups in total. The van der Waals surface area contributed by atoms with Crippen LogP contribution in [0.1, 0.15) is 70.5 Å². The first-order chi connectivity index (χ1) is 17.1. The number of thioether (sulfide) groups is 1. The fourth-order valence-corrected chi connectivity index (χ4v) is 4.08. The molecular formula is C28H41N3O4S. The molecule has 0 heterocycles. The van der Waals surface area contributed by atoms with E-state index in [0.29, 0.717) is 29.8 Å². The average molecular weight is 516 g/mol. The number of carbonyl (C=O) groups is 3. The van der Waals surface area contributed by atoms with Crippen LogP contribution < -0.4 is 10.6 Å². The Labute approximate surface area is 220 Å². The van der Waals surface area contributed by atoms with E-state index in [0.717, 1.165) is 19.3 Å². The Morgan fingerprint density at radius 2 is 1.94 bits per heavy atom. The van der Waals surface area contributed by atoms with Gasteiger partial charge in [-0.25, -0.2) is 4.79 Å². The lowest BCUT2D eigenvalue weighted by Crippen LogP contribution is -2.53. The first-order valence-corrected chi connectivity index (χ1v) is 13.7. The van der Waals surface area contributed by atoms with Crippen LogP contribution in [0.15, 0.2) is 36.9 Å². The molecule has 0 bridgehead atoms. The molecule has 0 radical (unpaired) electrons. The Bertz CT molecular complexity index is 920. The van der Waals surface area contributed by atoms with Gasteiger partial charge < -0.3 is 20.3 Å². The van der Waals surface area contributed by atoms with Crippen LogP contribution in [0.3, 0.4) is 0 Å². The zero-order chi connectivity index (χ0) is 27.1. The van der Waals surface area contributed by atoms with Gasteiger partial charge in [0, 0.05) is 18.7 Å². The van der Waals surface area contributed by atoms with E-state index < -0.39 is 29.7 Å². The Kier molecular flexibility index (Phi) is 13.8. The second kappa shape index (κ2) is 15.9. The zero-order valence-electron chi connectivity index (χ0n) is 22.3. The molecule has 0 saturated carbocycles. The molecule has 198 valence electrons. The minimum Gasteiger partial charge on any atom is -0.444 e. The summed E-state index contributed by atoms with van der Waals surface area (Å²) in [5.74, 6) is 2.52. The fraction of sp³-hybridized carbons (Fsp3) is 0.536. The van der Waals surface area contributed by atoms with E-state index in [9.17, 15) is 14.4 Å². The van der Waals surface area contributed by atoms with Crippen LogP contribution >= 0.6 is 11.8 Å². The standard InChI is InChI=1S/C28H41N3O4S/c1-8-11-14-18-29-25(32)24(22-16-13-12-15-21(22)10-3)31(19-9-2)26(33)23(17-20-36-7)30-27(34)35-28(4,5)6/h3,9,12-13,15-16,23-24H,2,8,11,14,17-20H2,1,4-7H3,(H,29,32)(H,30,34). The molecule has 3 amide bonds. The van der Waals surface area contributed by atoms with E-state index in [4.69, 9.17) is 11.2 Å². The topological polar surface area (TPSA) is 87.7 Å². The van der Waals surface area contributed by atoms with Gasteiger partial charge >= 0.3 is 6.09 Å². The minimum atomic E-state index is -0.985. The Balaban J connectivity index is 3.42. The molecule has 1 rings (SSSR count). The number of carbonyl (C=O) groups excluding carboxylic acids is 3. The second-order valence-electron chi connectivity index (χ2n) is 9.39. The van der Waals surface area contributed by atoms with Crippen LogP contribution in [0.25, 0.3) is 0 Å². The molecule has 1 aromatic carbocycles. The number of amides is 3. The van der Waals surface area contributed by atoms with E-state index >= 15 is 0 Å². The van der Waals surface area contributed by atoms with E-state index in [1.807, 2.05) is 6.26 Å². The number of ether oxygens (including phenoxy) is 1. The Morgan fingerprint density at radius 3 is 2.53 bits per heavy atom. The fourth-order valence-electron chi connectivity index (χ4n) is 3.61. The monoisotopic (exact) mass is 515 g/mol. The molecule has 7 nitrogen and oxygen atoms in total. The van der Waals surface area contributed by atoms with Crippen molar-refractivity contribution in [3.63, 3.8) is 0 Å². The highest BCUT2D eigenvalue weighted by Crippen LogP contribution is 2.26. The van der Waals surface area contributed by atoms with Gasteiger partial charge in [0.15, 0.2) is 0 Å². The van der Waals surface area contributed by atoms with Crippen LogP contribution in [-0.4, -0.2) is 59.5 Å². The number of hydrogen-bond donors (Lipinski definition) is 2. The summed E-state index contributed by atoms with van der Waals surface area (Å²) < 4.78 is 5.39. The van der Waals surface area contributed by atoms with Crippen molar-refractivity contribution in [2.24, 2.45) is 0 Å². The molecule has 0 aromatic heterocycles. The third-order valence-electron chi connectivity index (χ3n) is 5.26. The Hall–Kier alpha value is -2.92. The normalized spacial score (nSPS) is 12.6. The number of benzene rings is 1. The second-order valence-corrected chi connectivity index (χ2v) is 10.4. The van der Waals surface area contributed by atoms with Crippen molar-refractivity contribution in [2.45, 2.75) is 71.1 Å². The molecule has 1 aromatic rings. The van der Waals surface area contributed by atoms with Gasteiger partial charge in [-0.3, -0.25) is 9.59 Å². The number of alkyl carbamates (subject to hydrolysis) is 1. The molecule has 8 heteroatoms. The summed E-state index contributed by atoms with van der Waals surface area (Å²) in [6, 6.07) is 5.21. The summed E-state index contributed by atoms with van der Waals surface area (Å²) in [5, 5.41) is 5.67. The highest BCUT2D eigenvalue weighted by Gasteiger charge is 2.36. The summed E-state index contributed by atoms with van der Waals surface area (Å²) in [6.45, 7) is 11.7. The number of rotatable bonds is 14. The van der Waals surface area contributed by atoms with Gasteiger partial charge in [-0.15, -0.1) is 13.0 Å². The van der Waals surface area contributed by atoms with Crippen molar-refractivity contribution in [3.8, 4) is 12.3 Å². The largest absolute Gasteiger partial charge is 0.444 e. The first-order valence-electron chi connectivity index (χ1n) is 12.3. The molecule has 0 aliphatic carbocycles. The smallest absolute Gasteiger partial charge is 0.408 e. The lowest BCUT2D eigenvalue weighted by atomic mass is 9.97. The molecule has 0 aliphatic heterocycles. The number of nitrogens with zero attached hydrogens (tertiary/aromatic N) is 1. The highest BCUT2D eigenvalue weighted by molar-refractivity contribution is 7.98. The van der Waals surface area contributed by atoms with Gasteiger partial charge in [0.05, 0.1) is 0 Å². The molecule has 2 atom stereocenters. The van der Waals surface area contributed by atoms with E-state index in [1.54, 1.807) is 62.9 Å². The number of terminal acetylenes is 1. The molecule has 2 unspecified atom stereocenters. The Morgan fingerprint density at radius 1 is 1.25 bits per heavy atom. The van der Waals surface area contributed by atoms with Crippen LogP contribution in [-0.2, 0) is 14.3 Å². The maximum Gasteiger partial charge on any atom is 0.408 e. The predicted molar refractivity (Wildman–Crippen MR) is 148 cm³/mol. The van der Waals surface area contributed by atoms with E-state index in [-0.39, 0.29) is 12.5 Å². The first kappa shape index (κ1) is 31.1. The third-order valence-corrected chi connectivity index (χ3v) is 5.90. The van der Waals surface area contributed by atoms with Crippen molar-refractivity contribution in [2.75, 3.05) is 25.1 Å². The highest BCUT2D eigenvalue weighted by atomic mass is 32.2. The number of nitrogens with one attached hydrogen (secondary N) is 2. The molecule has 0 aliphatic rings. The predicted octanol–water partition coefficient (Wildman–Crippen LogP) is 4.68. The average Bonchev–Trinajstić information content (AvgIpc) is 2.82. The molecule has 0 fully saturated rings. The zero-order valence-corrected chi connectivity index (χ0v) is 23.1. The molecular weight excluding hydrogens is 474 g/mol. The van der Waals surface area contributed by atoms with Crippen LogP contribution in [0.5, 0.6) is 0 Å². The minimum absolute atomic E-state index is 0.0938. The van der Waals surface area contributed by atoms with Crippen molar-refractivity contribution in [3.05, 3.63) is 48.0 Å². The van der Waals surface area contributed by atoms with E-state index in [1.165, 1.54) is 4.90 Å². The summed E-state index contributed by atoms with van der Waals surface area (Å²) in [7, 11) is 0. The van der Waals surface area contributed by atoms with Gasteiger partial charge in [0.2, 0.25) is 11.8 Å². The van der Waals surface area contributed by atoms with Gasteiger partial charge in [0.1, 0.15) is 17.7 Å². The van der Waals surface area contributed by atoms with Gasteiger partial charge in [0.25, 0.3) is 0 Å². The summed E-state index contributed by atoms with van der Waals surface area (Å²) >= 11 is 1.56. The van der Waals surface area contributed by atoms with Crippen LogP contribution in [0, 0.1) is 12.3 Å². The maximum atomic E-state index is 13.9. The molecule has 36 heavy (non-hydrogen) atoms.